The number of aromatic nitrogens is 2. The van der Waals surface area contributed by atoms with E-state index >= 15 is 0 Å². The molecule has 0 spiro atoms. The van der Waals surface area contributed by atoms with Crippen LogP contribution < -0.4 is 10.2 Å². The molecule has 27 heavy (non-hydrogen) atoms. The standard InChI is InChI=1S/C21H21FN4O/c1-14-9-10-15(13-16(14)22)23-21(27)19-20(26-11-5-2-6-12-26)25-18-8-4-3-7-17(18)24-19/h3-4,7-10,13H,2,5-6,11-12H2,1H3,(H,23,27). The molecule has 0 radical (unpaired) electrons. The molecule has 2 heterocycles. The molecule has 3 aromatic rings. The van der Waals surface area contributed by atoms with Crippen LogP contribution >= 0.6 is 0 Å². The molecule has 1 aliphatic heterocycles. The van der Waals surface area contributed by atoms with Gasteiger partial charge in [0.05, 0.1) is 11.0 Å². The van der Waals surface area contributed by atoms with E-state index in [1.807, 2.05) is 24.3 Å². The first-order chi connectivity index (χ1) is 13.1. The maximum absolute atomic E-state index is 13.8. The summed E-state index contributed by atoms with van der Waals surface area (Å²) in [5.74, 6) is -0.135. The fourth-order valence-electron chi connectivity index (χ4n) is 3.33. The van der Waals surface area contributed by atoms with Crippen LogP contribution in [0.15, 0.2) is 42.5 Å². The highest BCUT2D eigenvalue weighted by Gasteiger charge is 2.23. The lowest BCUT2D eigenvalue weighted by Gasteiger charge is -2.29. The number of fused-ring (bicyclic) bond motifs is 1. The average Bonchev–Trinajstić information content (AvgIpc) is 2.70. The van der Waals surface area contributed by atoms with Crippen LogP contribution in [0.5, 0.6) is 0 Å². The molecular weight excluding hydrogens is 343 g/mol. The van der Waals surface area contributed by atoms with E-state index in [0.717, 1.165) is 31.4 Å². The number of hydrogen-bond donors (Lipinski definition) is 1. The number of anilines is 2. The number of nitrogens with one attached hydrogen (secondary N) is 1. The predicted octanol–water partition coefficient (Wildman–Crippen LogP) is 4.32. The van der Waals surface area contributed by atoms with Crippen molar-refractivity contribution < 1.29 is 9.18 Å². The Morgan fingerprint density at radius 2 is 1.74 bits per heavy atom. The van der Waals surface area contributed by atoms with E-state index in [4.69, 9.17) is 4.98 Å². The summed E-state index contributed by atoms with van der Waals surface area (Å²) in [6.45, 7) is 3.39. The number of benzene rings is 2. The Labute approximate surface area is 157 Å². The van der Waals surface area contributed by atoms with Gasteiger partial charge in [-0.2, -0.15) is 0 Å². The van der Waals surface area contributed by atoms with Gasteiger partial charge in [-0.05, 0) is 56.0 Å². The van der Waals surface area contributed by atoms with Crippen molar-refractivity contribution >= 4 is 28.4 Å². The normalized spacial score (nSPS) is 14.4. The number of aryl methyl sites for hydroxylation is 1. The number of halogens is 1. The molecule has 0 atom stereocenters. The number of piperidine rings is 1. The van der Waals surface area contributed by atoms with Crippen molar-refractivity contribution in [2.75, 3.05) is 23.3 Å². The molecule has 1 aromatic heterocycles. The van der Waals surface area contributed by atoms with Crippen molar-refractivity contribution in [3.05, 3.63) is 59.5 Å². The topological polar surface area (TPSA) is 58.1 Å². The lowest BCUT2D eigenvalue weighted by molar-refractivity contribution is 0.102. The fraction of sp³-hybridized carbons (Fsp3) is 0.286. The van der Waals surface area contributed by atoms with Gasteiger partial charge >= 0.3 is 0 Å². The van der Waals surface area contributed by atoms with Crippen LogP contribution in [-0.2, 0) is 0 Å². The molecule has 1 amide bonds. The van der Waals surface area contributed by atoms with Crippen LogP contribution in [0.2, 0.25) is 0 Å². The first-order valence-corrected chi connectivity index (χ1v) is 9.21. The Bertz CT molecular complexity index is 999. The minimum atomic E-state index is -0.378. The lowest BCUT2D eigenvalue weighted by Crippen LogP contribution is -2.33. The second kappa shape index (κ2) is 7.31. The minimum absolute atomic E-state index is 0.275. The van der Waals surface area contributed by atoms with Crippen molar-refractivity contribution in [2.45, 2.75) is 26.2 Å². The Morgan fingerprint density at radius 3 is 2.44 bits per heavy atom. The van der Waals surface area contributed by atoms with Gasteiger partial charge in [0.15, 0.2) is 11.5 Å². The molecule has 1 N–H and O–H groups in total. The Balaban J connectivity index is 1.73. The van der Waals surface area contributed by atoms with Crippen molar-refractivity contribution in [1.29, 1.82) is 0 Å². The van der Waals surface area contributed by atoms with Gasteiger partial charge in [0.1, 0.15) is 5.82 Å². The molecule has 138 valence electrons. The lowest BCUT2D eigenvalue weighted by atomic mass is 10.1. The Kier molecular flexibility index (Phi) is 4.71. The molecular formula is C21H21FN4O. The first-order valence-electron chi connectivity index (χ1n) is 9.21. The van der Waals surface area contributed by atoms with Gasteiger partial charge in [-0.15, -0.1) is 0 Å². The summed E-state index contributed by atoms with van der Waals surface area (Å²) in [4.78, 5) is 24.4. The molecule has 0 unspecified atom stereocenters. The van der Waals surface area contributed by atoms with E-state index in [9.17, 15) is 9.18 Å². The van der Waals surface area contributed by atoms with Gasteiger partial charge in [-0.3, -0.25) is 4.79 Å². The highest BCUT2D eigenvalue weighted by Crippen LogP contribution is 2.25. The van der Waals surface area contributed by atoms with Crippen molar-refractivity contribution in [3.63, 3.8) is 0 Å². The number of nitrogens with zero attached hydrogens (tertiary/aromatic N) is 3. The van der Waals surface area contributed by atoms with Crippen LogP contribution in [0.25, 0.3) is 11.0 Å². The number of carbonyl (C=O) groups excluding carboxylic acids is 1. The first kappa shape index (κ1) is 17.4. The van der Waals surface area contributed by atoms with E-state index in [1.165, 1.54) is 12.5 Å². The second-order valence-electron chi connectivity index (χ2n) is 6.85. The van der Waals surface area contributed by atoms with Crippen LogP contribution in [0.1, 0.15) is 35.3 Å². The number of hydrogen-bond acceptors (Lipinski definition) is 4. The number of para-hydroxylation sites is 2. The van der Waals surface area contributed by atoms with Crippen molar-refractivity contribution in [1.82, 2.24) is 9.97 Å². The van der Waals surface area contributed by atoms with Gasteiger partial charge in [0.2, 0.25) is 0 Å². The molecule has 0 saturated carbocycles. The van der Waals surface area contributed by atoms with Gasteiger partial charge < -0.3 is 10.2 Å². The maximum Gasteiger partial charge on any atom is 0.278 e. The van der Waals surface area contributed by atoms with E-state index in [2.05, 4.69) is 15.2 Å². The summed E-state index contributed by atoms with van der Waals surface area (Å²) in [6, 6.07) is 12.2. The van der Waals surface area contributed by atoms with E-state index in [0.29, 0.717) is 22.6 Å². The summed E-state index contributed by atoms with van der Waals surface area (Å²) in [5.41, 5.74) is 2.64. The Morgan fingerprint density at radius 1 is 1.04 bits per heavy atom. The fourth-order valence-corrected chi connectivity index (χ4v) is 3.33. The quantitative estimate of drug-likeness (QED) is 0.752. The smallest absolute Gasteiger partial charge is 0.278 e. The predicted molar refractivity (Wildman–Crippen MR) is 105 cm³/mol. The van der Waals surface area contributed by atoms with Gasteiger partial charge in [0, 0.05) is 18.8 Å². The van der Waals surface area contributed by atoms with Crippen LogP contribution in [0.3, 0.4) is 0 Å². The molecule has 1 saturated heterocycles. The monoisotopic (exact) mass is 364 g/mol. The number of carbonyl (C=O) groups is 1. The molecule has 6 heteroatoms. The van der Waals surface area contributed by atoms with Crippen molar-refractivity contribution in [3.8, 4) is 0 Å². The Hall–Kier alpha value is -3.02. The highest BCUT2D eigenvalue weighted by molar-refractivity contribution is 6.07. The van der Waals surface area contributed by atoms with E-state index in [1.54, 1.807) is 19.1 Å². The summed E-state index contributed by atoms with van der Waals surface area (Å²) >= 11 is 0. The molecule has 0 aliphatic carbocycles. The maximum atomic E-state index is 13.8. The largest absolute Gasteiger partial charge is 0.355 e. The molecule has 0 bridgehead atoms. The molecule has 1 fully saturated rings. The molecule has 4 rings (SSSR count). The van der Waals surface area contributed by atoms with Crippen LogP contribution in [-0.4, -0.2) is 29.0 Å². The molecule has 5 nitrogen and oxygen atoms in total. The van der Waals surface area contributed by atoms with E-state index in [-0.39, 0.29) is 17.4 Å². The minimum Gasteiger partial charge on any atom is -0.355 e. The third-order valence-corrected chi connectivity index (χ3v) is 4.85. The average molecular weight is 364 g/mol. The van der Waals surface area contributed by atoms with Gasteiger partial charge in [0.25, 0.3) is 5.91 Å². The summed E-state index contributed by atoms with van der Waals surface area (Å²) in [7, 11) is 0. The molecule has 2 aromatic carbocycles. The van der Waals surface area contributed by atoms with Gasteiger partial charge in [-0.25, -0.2) is 14.4 Å². The highest BCUT2D eigenvalue weighted by atomic mass is 19.1. The second-order valence-corrected chi connectivity index (χ2v) is 6.85. The van der Waals surface area contributed by atoms with Crippen LogP contribution in [0.4, 0.5) is 15.9 Å². The van der Waals surface area contributed by atoms with E-state index < -0.39 is 0 Å². The summed E-state index contributed by atoms with van der Waals surface area (Å²) < 4.78 is 13.8. The summed E-state index contributed by atoms with van der Waals surface area (Å²) in [5, 5.41) is 2.76. The number of rotatable bonds is 3. The SMILES string of the molecule is Cc1ccc(NC(=O)c2nc3ccccc3nc2N2CCCCC2)cc1F. The van der Waals surface area contributed by atoms with Gasteiger partial charge in [-0.1, -0.05) is 18.2 Å². The summed E-state index contributed by atoms with van der Waals surface area (Å²) in [6.07, 6.45) is 3.32. The molecule has 1 aliphatic rings. The zero-order chi connectivity index (χ0) is 18.8. The zero-order valence-corrected chi connectivity index (χ0v) is 15.2. The number of amides is 1. The third-order valence-electron chi connectivity index (χ3n) is 4.85. The third kappa shape index (κ3) is 3.60. The zero-order valence-electron chi connectivity index (χ0n) is 15.2. The van der Waals surface area contributed by atoms with Crippen molar-refractivity contribution in [2.24, 2.45) is 0 Å². The van der Waals surface area contributed by atoms with Crippen LogP contribution in [0, 0.1) is 12.7 Å².